The van der Waals surface area contributed by atoms with Gasteiger partial charge in [0.15, 0.2) is 0 Å². The molecule has 1 saturated heterocycles. The van der Waals surface area contributed by atoms with E-state index in [1.807, 2.05) is 0 Å². The number of likely N-dealkylation sites (tertiary alicyclic amines) is 1. The van der Waals surface area contributed by atoms with Crippen LogP contribution < -0.4 is 5.11 Å². The molecule has 0 spiro atoms. The molecule has 1 aliphatic rings. The fourth-order valence-electron chi connectivity index (χ4n) is 1.95. The summed E-state index contributed by atoms with van der Waals surface area (Å²) in [7, 11) is 0. The molecule has 1 heterocycles. The van der Waals surface area contributed by atoms with Crippen molar-refractivity contribution in [2.45, 2.75) is 45.0 Å². The third-order valence-electron chi connectivity index (χ3n) is 2.69. The molecule has 0 aliphatic carbocycles. The van der Waals surface area contributed by atoms with Crippen LogP contribution in [0.25, 0.3) is 0 Å². The van der Waals surface area contributed by atoms with Crippen LogP contribution in [0.4, 0.5) is 18.0 Å². The Kier molecular flexibility index (Phi) is 4.02. The average molecular weight is 282 g/mol. The van der Waals surface area contributed by atoms with Crippen LogP contribution in [0.1, 0.15) is 27.2 Å². The van der Waals surface area contributed by atoms with Gasteiger partial charge < -0.3 is 14.6 Å². The van der Waals surface area contributed by atoms with Crippen molar-refractivity contribution in [3.8, 4) is 0 Å². The number of carbonyl (C=O) groups excluding carboxylic acids is 2. The molecule has 0 saturated carbocycles. The number of aliphatic carboxylic acids is 1. The predicted molar refractivity (Wildman–Crippen MR) is 55.9 cm³/mol. The summed E-state index contributed by atoms with van der Waals surface area (Å²) in [5.41, 5.74) is -0.913. The largest absolute Gasteiger partial charge is 0.548 e. The second-order valence-corrected chi connectivity index (χ2v) is 5.37. The Morgan fingerprint density at radius 3 is 2.16 bits per heavy atom. The zero-order valence-corrected chi connectivity index (χ0v) is 10.8. The third kappa shape index (κ3) is 3.74. The fraction of sp³-hybridized carbons (Fsp3) is 0.818. The molecular weight excluding hydrogens is 267 g/mol. The van der Waals surface area contributed by atoms with Crippen LogP contribution in [0.15, 0.2) is 0 Å². The number of alkyl halides is 3. The summed E-state index contributed by atoms with van der Waals surface area (Å²) in [4.78, 5) is 23.1. The van der Waals surface area contributed by atoms with Crippen LogP contribution in [-0.4, -0.2) is 41.3 Å². The van der Waals surface area contributed by atoms with Crippen molar-refractivity contribution in [1.29, 1.82) is 0 Å². The molecule has 2 atom stereocenters. The minimum Gasteiger partial charge on any atom is -0.548 e. The second kappa shape index (κ2) is 4.90. The Morgan fingerprint density at radius 1 is 1.26 bits per heavy atom. The standard InChI is InChI=1S/C11H16F3NO4/c1-10(2,3)19-9(18)15-5-4-6(11(12,13)14)7(15)8(16)17/h6-7H,4-5H2,1-3H3,(H,16,17)/p-1. The monoisotopic (exact) mass is 282 g/mol. The number of ether oxygens (including phenoxy) is 1. The molecular formula is C11H15F3NO4-. The average Bonchev–Trinajstić information content (AvgIpc) is 2.57. The van der Waals surface area contributed by atoms with E-state index in [0.717, 1.165) is 0 Å². The number of carboxylic acid groups (broad SMARTS) is 1. The van der Waals surface area contributed by atoms with Crippen LogP contribution in [0, 0.1) is 5.92 Å². The van der Waals surface area contributed by atoms with Crippen LogP contribution in [0.3, 0.4) is 0 Å². The maximum Gasteiger partial charge on any atom is 0.410 e. The van der Waals surface area contributed by atoms with Crippen molar-refractivity contribution in [2.24, 2.45) is 5.92 Å². The highest BCUT2D eigenvalue weighted by atomic mass is 19.4. The van der Waals surface area contributed by atoms with E-state index < -0.39 is 42.2 Å². The van der Waals surface area contributed by atoms with Gasteiger partial charge in [-0.1, -0.05) is 0 Å². The van der Waals surface area contributed by atoms with E-state index in [9.17, 15) is 27.9 Å². The van der Waals surface area contributed by atoms with Gasteiger partial charge in [0.2, 0.25) is 0 Å². The Balaban J connectivity index is 2.91. The first-order chi connectivity index (χ1) is 8.43. The molecule has 1 aliphatic heterocycles. The summed E-state index contributed by atoms with van der Waals surface area (Å²) in [5.74, 6) is -4.05. The van der Waals surface area contributed by atoms with Gasteiger partial charge in [0.05, 0.1) is 17.9 Å². The maximum atomic E-state index is 12.7. The van der Waals surface area contributed by atoms with Gasteiger partial charge in [-0.05, 0) is 27.2 Å². The quantitative estimate of drug-likeness (QED) is 0.717. The van der Waals surface area contributed by atoms with Crippen molar-refractivity contribution in [3.05, 3.63) is 0 Å². The second-order valence-electron chi connectivity index (χ2n) is 5.37. The number of halogens is 3. The predicted octanol–water partition coefficient (Wildman–Crippen LogP) is 0.924. The van der Waals surface area contributed by atoms with Gasteiger partial charge in [-0.2, -0.15) is 13.2 Å². The lowest BCUT2D eigenvalue weighted by atomic mass is 10.00. The molecule has 0 radical (unpaired) electrons. The van der Waals surface area contributed by atoms with E-state index in [4.69, 9.17) is 4.74 Å². The lowest BCUT2D eigenvalue weighted by Gasteiger charge is -2.31. The SMILES string of the molecule is CC(C)(C)OC(=O)N1CCC(C(F)(F)F)C1C(=O)[O-]. The minimum atomic E-state index is -4.69. The van der Waals surface area contributed by atoms with E-state index in [2.05, 4.69) is 0 Å². The van der Waals surface area contributed by atoms with Gasteiger partial charge in [0.25, 0.3) is 0 Å². The summed E-state index contributed by atoms with van der Waals surface area (Å²) in [6.07, 6.45) is -6.24. The summed E-state index contributed by atoms with van der Waals surface area (Å²) in [6, 6.07) is -2.03. The van der Waals surface area contributed by atoms with Crippen molar-refractivity contribution >= 4 is 12.1 Å². The Bertz CT molecular complexity index is 375. The topological polar surface area (TPSA) is 69.7 Å². The van der Waals surface area contributed by atoms with Crippen molar-refractivity contribution < 1.29 is 32.6 Å². The highest BCUT2D eigenvalue weighted by Crippen LogP contribution is 2.38. The molecule has 2 unspecified atom stereocenters. The summed E-state index contributed by atoms with van der Waals surface area (Å²) >= 11 is 0. The van der Waals surface area contributed by atoms with E-state index >= 15 is 0 Å². The van der Waals surface area contributed by atoms with Crippen molar-refractivity contribution in [2.75, 3.05) is 6.54 Å². The lowest BCUT2D eigenvalue weighted by Crippen LogP contribution is -2.53. The Hall–Kier alpha value is -1.47. The fourth-order valence-corrected chi connectivity index (χ4v) is 1.95. The minimum absolute atomic E-state index is 0.322. The number of hydrogen-bond acceptors (Lipinski definition) is 4. The van der Waals surface area contributed by atoms with Gasteiger partial charge >= 0.3 is 12.3 Å². The molecule has 5 nitrogen and oxygen atoms in total. The number of rotatable bonds is 1. The van der Waals surface area contributed by atoms with Gasteiger partial charge in [0, 0.05) is 6.54 Å². The molecule has 0 aromatic rings. The lowest BCUT2D eigenvalue weighted by molar-refractivity contribution is -0.316. The number of carbonyl (C=O) groups is 2. The number of amides is 1. The summed E-state index contributed by atoms with van der Waals surface area (Å²) < 4.78 is 42.9. The van der Waals surface area contributed by atoms with E-state index in [1.54, 1.807) is 0 Å². The van der Waals surface area contributed by atoms with Gasteiger partial charge in [0.1, 0.15) is 5.60 Å². The molecule has 0 N–H and O–H groups in total. The molecule has 0 bridgehead atoms. The smallest absolute Gasteiger partial charge is 0.410 e. The molecule has 110 valence electrons. The van der Waals surface area contributed by atoms with Crippen LogP contribution in [-0.2, 0) is 9.53 Å². The number of carboxylic acids is 1. The first-order valence-corrected chi connectivity index (χ1v) is 5.70. The van der Waals surface area contributed by atoms with Gasteiger partial charge in [-0.25, -0.2) is 4.79 Å². The first-order valence-electron chi connectivity index (χ1n) is 5.70. The van der Waals surface area contributed by atoms with E-state index in [1.165, 1.54) is 20.8 Å². The Labute approximate surface area is 108 Å². The highest BCUT2D eigenvalue weighted by molar-refractivity contribution is 5.80. The van der Waals surface area contributed by atoms with Crippen LogP contribution in [0.5, 0.6) is 0 Å². The zero-order valence-electron chi connectivity index (χ0n) is 10.8. The highest BCUT2D eigenvalue weighted by Gasteiger charge is 2.52. The first kappa shape index (κ1) is 15.6. The zero-order chi connectivity index (χ0) is 15.0. The van der Waals surface area contributed by atoms with Crippen molar-refractivity contribution in [1.82, 2.24) is 4.90 Å². The van der Waals surface area contributed by atoms with Crippen LogP contribution in [0.2, 0.25) is 0 Å². The van der Waals surface area contributed by atoms with Crippen molar-refractivity contribution in [3.63, 3.8) is 0 Å². The van der Waals surface area contributed by atoms with E-state index in [-0.39, 0.29) is 6.54 Å². The van der Waals surface area contributed by atoms with E-state index in [0.29, 0.717) is 4.90 Å². The number of nitrogens with zero attached hydrogens (tertiary/aromatic N) is 1. The molecule has 8 heteroatoms. The van der Waals surface area contributed by atoms with Crippen LogP contribution >= 0.6 is 0 Å². The maximum absolute atomic E-state index is 12.7. The Morgan fingerprint density at radius 2 is 1.79 bits per heavy atom. The molecule has 1 fully saturated rings. The molecule has 1 rings (SSSR count). The van der Waals surface area contributed by atoms with Gasteiger partial charge in [-0.3, -0.25) is 4.90 Å². The van der Waals surface area contributed by atoms with Gasteiger partial charge in [-0.15, -0.1) is 0 Å². The molecule has 19 heavy (non-hydrogen) atoms. The summed E-state index contributed by atoms with van der Waals surface area (Å²) in [6.45, 7) is 4.29. The number of hydrogen-bond donors (Lipinski definition) is 0. The third-order valence-corrected chi connectivity index (χ3v) is 2.69. The summed E-state index contributed by atoms with van der Waals surface area (Å²) in [5, 5.41) is 10.9. The molecule has 0 aromatic heterocycles. The molecule has 1 amide bonds. The molecule has 0 aromatic carbocycles. The normalized spacial score (nSPS) is 24.4.